The summed E-state index contributed by atoms with van der Waals surface area (Å²) in [7, 11) is 0. The van der Waals surface area contributed by atoms with Gasteiger partial charge in [-0.1, -0.05) is 50.4 Å². The van der Waals surface area contributed by atoms with Gasteiger partial charge in [-0.3, -0.25) is 4.79 Å². The van der Waals surface area contributed by atoms with Gasteiger partial charge in [-0.25, -0.2) is 0 Å². The summed E-state index contributed by atoms with van der Waals surface area (Å²) in [6, 6.07) is 5.28. The van der Waals surface area contributed by atoms with Crippen molar-refractivity contribution < 1.29 is 4.79 Å². The van der Waals surface area contributed by atoms with E-state index in [2.05, 4.69) is 26.1 Å². The number of carbonyl (C=O) groups excluding carboxylic acids is 1. The zero-order valence-corrected chi connectivity index (χ0v) is 14.9. The third-order valence-electron chi connectivity index (χ3n) is 4.84. The van der Waals surface area contributed by atoms with Gasteiger partial charge in [0, 0.05) is 33.9 Å². The average molecular weight is 340 g/mol. The van der Waals surface area contributed by atoms with Crippen molar-refractivity contribution in [2.24, 2.45) is 11.3 Å². The monoisotopic (exact) mass is 339 g/mol. The first-order valence-electron chi connectivity index (χ1n) is 7.76. The minimum Gasteiger partial charge on any atom is -0.361 e. The highest BCUT2D eigenvalue weighted by molar-refractivity contribution is 6.35. The van der Waals surface area contributed by atoms with Crippen LogP contribution < -0.4 is 5.32 Å². The van der Waals surface area contributed by atoms with E-state index in [1.54, 1.807) is 18.2 Å². The van der Waals surface area contributed by atoms with Crippen molar-refractivity contribution in [1.82, 2.24) is 0 Å². The SMILES string of the molecule is CCC(C)(C)[C@@H]1CCC(=O)/C(=C/Nc2cc(Cl)cc(Cl)c2)C1. The second kappa shape index (κ2) is 7.06. The lowest BCUT2D eigenvalue weighted by Crippen LogP contribution is -2.29. The summed E-state index contributed by atoms with van der Waals surface area (Å²) >= 11 is 12.0. The summed E-state index contributed by atoms with van der Waals surface area (Å²) in [6.45, 7) is 6.79. The van der Waals surface area contributed by atoms with E-state index in [0.717, 1.165) is 30.5 Å². The Morgan fingerprint density at radius 1 is 1.27 bits per heavy atom. The normalized spacial score (nSPS) is 21.2. The molecule has 0 heterocycles. The molecular weight excluding hydrogens is 317 g/mol. The summed E-state index contributed by atoms with van der Waals surface area (Å²) in [5, 5.41) is 4.32. The lowest BCUT2D eigenvalue weighted by molar-refractivity contribution is -0.117. The third kappa shape index (κ3) is 4.27. The van der Waals surface area contributed by atoms with E-state index in [1.165, 1.54) is 0 Å². The lowest BCUT2D eigenvalue weighted by Gasteiger charge is -2.36. The molecule has 0 unspecified atom stereocenters. The minimum atomic E-state index is 0.240. The van der Waals surface area contributed by atoms with E-state index in [1.807, 2.05) is 6.20 Å². The van der Waals surface area contributed by atoms with Crippen molar-refractivity contribution in [2.75, 3.05) is 5.32 Å². The standard InChI is InChI=1S/C18H23Cl2NO/c1-4-18(2,3)13-5-6-17(22)12(7-13)11-21-16-9-14(19)8-15(20)10-16/h8-11,13,21H,4-7H2,1-3H3/b12-11+/t13-/m1/s1. The molecule has 0 amide bonds. The fraction of sp³-hybridized carbons (Fsp3) is 0.500. The highest BCUT2D eigenvalue weighted by Crippen LogP contribution is 2.41. The number of allylic oxidation sites excluding steroid dienone is 1. The van der Waals surface area contributed by atoms with Gasteiger partial charge in [0.05, 0.1) is 0 Å². The molecular formula is C18H23Cl2NO. The summed E-state index contributed by atoms with van der Waals surface area (Å²) in [5.74, 6) is 0.787. The summed E-state index contributed by atoms with van der Waals surface area (Å²) < 4.78 is 0. The van der Waals surface area contributed by atoms with Gasteiger partial charge in [-0.15, -0.1) is 0 Å². The quantitative estimate of drug-likeness (QED) is 0.672. The first-order valence-corrected chi connectivity index (χ1v) is 8.52. The van der Waals surface area contributed by atoms with Crippen LogP contribution in [-0.2, 0) is 4.79 Å². The van der Waals surface area contributed by atoms with Crippen LogP contribution in [0.5, 0.6) is 0 Å². The number of Topliss-reactive ketones (excluding diaryl/α,β-unsaturated/α-hetero) is 1. The molecule has 2 nitrogen and oxygen atoms in total. The first-order chi connectivity index (χ1) is 10.3. The fourth-order valence-corrected chi connectivity index (χ4v) is 3.38. The molecule has 2 rings (SSSR count). The van der Waals surface area contributed by atoms with E-state index in [9.17, 15) is 4.79 Å². The molecule has 1 aliphatic carbocycles. The highest BCUT2D eigenvalue weighted by Gasteiger charge is 2.33. The molecule has 0 radical (unpaired) electrons. The zero-order chi connectivity index (χ0) is 16.3. The van der Waals surface area contributed by atoms with Gasteiger partial charge in [0.25, 0.3) is 0 Å². The number of nitrogens with one attached hydrogen (secondary N) is 1. The van der Waals surface area contributed by atoms with Crippen LogP contribution in [0.15, 0.2) is 30.0 Å². The van der Waals surface area contributed by atoms with Gasteiger partial charge >= 0.3 is 0 Å². The highest BCUT2D eigenvalue weighted by atomic mass is 35.5. The van der Waals surface area contributed by atoms with Gasteiger partial charge in [-0.2, -0.15) is 0 Å². The molecule has 0 aliphatic heterocycles. The predicted molar refractivity (Wildman–Crippen MR) is 94.6 cm³/mol. The molecule has 1 fully saturated rings. The Bertz CT molecular complexity index is 572. The maximum Gasteiger partial charge on any atom is 0.160 e. The molecule has 0 saturated heterocycles. The number of hydrogen-bond acceptors (Lipinski definition) is 2. The van der Waals surface area contributed by atoms with Gasteiger partial charge in [-0.05, 0) is 42.4 Å². The molecule has 1 aromatic carbocycles. The van der Waals surface area contributed by atoms with E-state index in [0.29, 0.717) is 22.4 Å². The van der Waals surface area contributed by atoms with Crippen molar-refractivity contribution >= 4 is 34.7 Å². The number of anilines is 1. The van der Waals surface area contributed by atoms with Crippen LogP contribution in [0.4, 0.5) is 5.69 Å². The van der Waals surface area contributed by atoms with Gasteiger partial charge in [0.15, 0.2) is 5.78 Å². The molecule has 0 spiro atoms. The van der Waals surface area contributed by atoms with Crippen LogP contribution in [0.1, 0.15) is 46.5 Å². The number of hydrogen-bond donors (Lipinski definition) is 1. The zero-order valence-electron chi connectivity index (χ0n) is 13.4. The van der Waals surface area contributed by atoms with Crippen LogP contribution >= 0.6 is 23.2 Å². The summed E-state index contributed by atoms with van der Waals surface area (Å²) in [6.07, 6.45) is 5.40. The Kier molecular flexibility index (Phi) is 5.57. The van der Waals surface area contributed by atoms with Gasteiger partial charge in [0.2, 0.25) is 0 Å². The molecule has 4 heteroatoms. The summed E-state index contributed by atoms with van der Waals surface area (Å²) in [5.41, 5.74) is 1.93. The molecule has 120 valence electrons. The number of benzene rings is 1. The smallest absolute Gasteiger partial charge is 0.160 e. The first kappa shape index (κ1) is 17.4. The number of carbonyl (C=O) groups is 1. The Labute approximate surface area is 142 Å². The van der Waals surface area contributed by atoms with Crippen LogP contribution in [-0.4, -0.2) is 5.78 Å². The molecule has 1 atom stereocenters. The summed E-state index contributed by atoms with van der Waals surface area (Å²) in [4.78, 5) is 12.1. The topological polar surface area (TPSA) is 29.1 Å². The molecule has 0 aromatic heterocycles. The molecule has 1 N–H and O–H groups in total. The van der Waals surface area contributed by atoms with E-state index >= 15 is 0 Å². The molecule has 1 aromatic rings. The second-order valence-corrected chi connectivity index (χ2v) is 7.55. The van der Waals surface area contributed by atoms with Crippen LogP contribution in [0.2, 0.25) is 10.0 Å². The van der Waals surface area contributed by atoms with Crippen LogP contribution in [0.25, 0.3) is 0 Å². The largest absolute Gasteiger partial charge is 0.361 e. The average Bonchev–Trinajstić information content (AvgIpc) is 2.45. The Hall–Kier alpha value is -0.990. The van der Waals surface area contributed by atoms with E-state index in [4.69, 9.17) is 23.2 Å². The Morgan fingerprint density at radius 3 is 2.50 bits per heavy atom. The Morgan fingerprint density at radius 2 is 1.91 bits per heavy atom. The molecule has 1 aliphatic rings. The van der Waals surface area contributed by atoms with Crippen LogP contribution in [0, 0.1) is 11.3 Å². The van der Waals surface area contributed by atoms with Gasteiger partial charge in [0.1, 0.15) is 0 Å². The maximum atomic E-state index is 12.1. The van der Waals surface area contributed by atoms with Crippen molar-refractivity contribution in [3.05, 3.63) is 40.0 Å². The lowest BCUT2D eigenvalue weighted by atomic mass is 9.68. The van der Waals surface area contributed by atoms with Crippen molar-refractivity contribution in [2.45, 2.75) is 46.5 Å². The van der Waals surface area contributed by atoms with E-state index in [-0.39, 0.29) is 11.2 Å². The fourth-order valence-electron chi connectivity index (χ4n) is 2.85. The maximum absolute atomic E-state index is 12.1. The molecule has 1 saturated carbocycles. The number of rotatable bonds is 4. The van der Waals surface area contributed by atoms with Crippen molar-refractivity contribution in [1.29, 1.82) is 0 Å². The third-order valence-corrected chi connectivity index (χ3v) is 5.27. The minimum absolute atomic E-state index is 0.240. The molecule has 0 bridgehead atoms. The van der Waals surface area contributed by atoms with Crippen molar-refractivity contribution in [3.63, 3.8) is 0 Å². The number of halogens is 2. The van der Waals surface area contributed by atoms with E-state index < -0.39 is 0 Å². The number of ketones is 1. The van der Waals surface area contributed by atoms with Crippen LogP contribution in [0.3, 0.4) is 0 Å². The predicted octanol–water partition coefficient (Wildman–Crippen LogP) is 6.09. The molecule has 22 heavy (non-hydrogen) atoms. The second-order valence-electron chi connectivity index (χ2n) is 6.68. The Balaban J connectivity index is 2.13. The van der Waals surface area contributed by atoms with Gasteiger partial charge < -0.3 is 5.32 Å². The van der Waals surface area contributed by atoms with Crippen molar-refractivity contribution in [3.8, 4) is 0 Å².